The molecule has 4 rings (SSSR count). The van der Waals surface area contributed by atoms with E-state index in [1.807, 2.05) is 41.7 Å². The lowest BCUT2D eigenvalue weighted by Gasteiger charge is -2.36. The average Bonchev–Trinajstić information content (AvgIpc) is 3.43. The van der Waals surface area contributed by atoms with Crippen LogP contribution in [0.4, 0.5) is 0 Å². The normalized spacial score (nSPS) is 15.6. The fourth-order valence-corrected chi connectivity index (χ4v) is 4.29. The van der Waals surface area contributed by atoms with E-state index in [-0.39, 0.29) is 11.9 Å². The van der Waals surface area contributed by atoms with Crippen molar-refractivity contribution in [1.82, 2.24) is 29.5 Å². The van der Waals surface area contributed by atoms with Crippen LogP contribution in [0.5, 0.6) is 0 Å². The fraction of sp³-hybridized carbons (Fsp3) is 0.400. The fourth-order valence-electron chi connectivity index (χ4n) is 3.52. The molecule has 0 radical (unpaired) electrons. The standard InChI is InChI=1S/C20H24N6OS/c1-3-25-10-7-16(8-11-25)24(2)20(27)17-14-28-19(23-17)15-12-22-26(13-15)18-6-4-5-9-21-18/h4-6,9,12-14,16H,3,7-8,10-11H2,1-2H3. The summed E-state index contributed by atoms with van der Waals surface area (Å²) in [5, 5.41) is 6.99. The Balaban J connectivity index is 1.45. The Morgan fingerprint density at radius 3 is 2.86 bits per heavy atom. The van der Waals surface area contributed by atoms with Crippen molar-refractivity contribution in [3.63, 3.8) is 0 Å². The molecule has 0 N–H and O–H groups in total. The second kappa shape index (κ2) is 8.20. The van der Waals surface area contributed by atoms with Crippen LogP contribution in [0, 0.1) is 0 Å². The SMILES string of the molecule is CCN1CCC(N(C)C(=O)c2csc(-c3cnn(-c4ccccn4)c3)n2)CC1. The summed E-state index contributed by atoms with van der Waals surface area (Å²) in [6, 6.07) is 5.97. The molecule has 0 spiro atoms. The van der Waals surface area contributed by atoms with Gasteiger partial charge in [-0.3, -0.25) is 4.79 Å². The van der Waals surface area contributed by atoms with Crippen LogP contribution in [0.2, 0.25) is 0 Å². The second-order valence-electron chi connectivity index (χ2n) is 6.98. The summed E-state index contributed by atoms with van der Waals surface area (Å²) >= 11 is 1.47. The van der Waals surface area contributed by atoms with Crippen molar-refractivity contribution in [1.29, 1.82) is 0 Å². The summed E-state index contributed by atoms with van der Waals surface area (Å²) in [6.45, 7) is 5.36. The molecule has 0 saturated carbocycles. The number of likely N-dealkylation sites (tertiary alicyclic amines) is 1. The van der Waals surface area contributed by atoms with Crippen LogP contribution in [0.1, 0.15) is 30.3 Å². The Labute approximate surface area is 168 Å². The van der Waals surface area contributed by atoms with Gasteiger partial charge in [0.05, 0.1) is 6.20 Å². The molecule has 0 aliphatic carbocycles. The van der Waals surface area contributed by atoms with Crippen LogP contribution in [0.3, 0.4) is 0 Å². The summed E-state index contributed by atoms with van der Waals surface area (Å²) in [4.78, 5) is 26.1. The molecule has 0 atom stereocenters. The molecule has 146 valence electrons. The molecule has 8 heteroatoms. The van der Waals surface area contributed by atoms with E-state index in [1.54, 1.807) is 17.1 Å². The lowest BCUT2D eigenvalue weighted by atomic mass is 10.0. The molecule has 0 aromatic carbocycles. The van der Waals surface area contributed by atoms with Gasteiger partial charge in [-0.05, 0) is 31.5 Å². The van der Waals surface area contributed by atoms with Crippen LogP contribution in [-0.2, 0) is 0 Å². The van der Waals surface area contributed by atoms with Crippen molar-refractivity contribution in [3.8, 4) is 16.4 Å². The molecule has 0 bridgehead atoms. The number of thiazole rings is 1. The zero-order valence-corrected chi connectivity index (χ0v) is 17.0. The molecule has 28 heavy (non-hydrogen) atoms. The van der Waals surface area contributed by atoms with Crippen LogP contribution < -0.4 is 0 Å². The van der Waals surface area contributed by atoms with Crippen LogP contribution in [0.25, 0.3) is 16.4 Å². The van der Waals surface area contributed by atoms with E-state index in [9.17, 15) is 4.79 Å². The highest BCUT2D eigenvalue weighted by Gasteiger charge is 2.26. The Bertz CT molecular complexity index is 929. The van der Waals surface area contributed by atoms with Crippen molar-refractivity contribution < 1.29 is 4.79 Å². The van der Waals surface area contributed by atoms with Gasteiger partial charge in [0, 0.05) is 49.5 Å². The first-order valence-corrected chi connectivity index (χ1v) is 10.4. The third-order valence-electron chi connectivity index (χ3n) is 5.31. The molecule has 1 fully saturated rings. The lowest BCUT2D eigenvalue weighted by Crippen LogP contribution is -2.45. The molecular weight excluding hydrogens is 372 g/mol. The van der Waals surface area contributed by atoms with Gasteiger partial charge in [-0.1, -0.05) is 13.0 Å². The van der Waals surface area contributed by atoms with Crippen molar-refractivity contribution in [2.24, 2.45) is 0 Å². The van der Waals surface area contributed by atoms with Gasteiger partial charge in [-0.15, -0.1) is 11.3 Å². The van der Waals surface area contributed by atoms with Crippen molar-refractivity contribution >= 4 is 17.2 Å². The number of carbonyl (C=O) groups is 1. The lowest BCUT2D eigenvalue weighted by molar-refractivity contribution is 0.0642. The highest BCUT2D eigenvalue weighted by Crippen LogP contribution is 2.25. The van der Waals surface area contributed by atoms with Crippen LogP contribution >= 0.6 is 11.3 Å². The van der Waals surface area contributed by atoms with E-state index in [0.29, 0.717) is 5.69 Å². The molecule has 1 aliphatic rings. The van der Waals surface area contributed by atoms with Gasteiger partial charge < -0.3 is 9.80 Å². The third-order valence-corrected chi connectivity index (χ3v) is 6.20. The largest absolute Gasteiger partial charge is 0.337 e. The van der Waals surface area contributed by atoms with E-state index in [0.717, 1.165) is 48.9 Å². The van der Waals surface area contributed by atoms with Gasteiger partial charge in [-0.2, -0.15) is 5.10 Å². The van der Waals surface area contributed by atoms with Gasteiger partial charge >= 0.3 is 0 Å². The molecule has 7 nitrogen and oxygen atoms in total. The number of piperidine rings is 1. The van der Waals surface area contributed by atoms with Crippen molar-refractivity contribution in [3.05, 3.63) is 47.9 Å². The number of hydrogen-bond donors (Lipinski definition) is 0. The minimum Gasteiger partial charge on any atom is -0.337 e. The highest BCUT2D eigenvalue weighted by atomic mass is 32.1. The summed E-state index contributed by atoms with van der Waals surface area (Å²) in [7, 11) is 1.90. The number of amides is 1. The van der Waals surface area contributed by atoms with Gasteiger partial charge in [-0.25, -0.2) is 14.6 Å². The molecule has 1 aliphatic heterocycles. The van der Waals surface area contributed by atoms with E-state index in [2.05, 4.69) is 26.9 Å². The van der Waals surface area contributed by atoms with E-state index in [1.165, 1.54) is 11.3 Å². The zero-order chi connectivity index (χ0) is 19.5. The molecule has 1 amide bonds. The summed E-state index contributed by atoms with van der Waals surface area (Å²) in [5.74, 6) is 0.745. The maximum absolute atomic E-state index is 12.9. The molecule has 4 heterocycles. The number of pyridine rings is 1. The van der Waals surface area contributed by atoms with Gasteiger partial charge in [0.25, 0.3) is 5.91 Å². The maximum atomic E-state index is 12.9. The first kappa shape index (κ1) is 18.8. The first-order chi connectivity index (χ1) is 13.7. The minimum absolute atomic E-state index is 0.00503. The van der Waals surface area contributed by atoms with E-state index < -0.39 is 0 Å². The van der Waals surface area contributed by atoms with E-state index in [4.69, 9.17) is 0 Å². The second-order valence-corrected chi connectivity index (χ2v) is 7.84. The number of hydrogen-bond acceptors (Lipinski definition) is 6. The summed E-state index contributed by atoms with van der Waals surface area (Å²) in [5.41, 5.74) is 1.39. The topological polar surface area (TPSA) is 67.2 Å². The smallest absolute Gasteiger partial charge is 0.273 e. The zero-order valence-electron chi connectivity index (χ0n) is 16.2. The Hall–Kier alpha value is -2.58. The van der Waals surface area contributed by atoms with Crippen LogP contribution in [0.15, 0.2) is 42.2 Å². The average molecular weight is 397 g/mol. The number of nitrogens with zero attached hydrogens (tertiary/aromatic N) is 6. The third kappa shape index (κ3) is 3.83. The Kier molecular flexibility index (Phi) is 5.50. The molecule has 0 unspecified atom stereocenters. The Morgan fingerprint density at radius 1 is 1.32 bits per heavy atom. The van der Waals surface area contributed by atoms with Gasteiger partial charge in [0.2, 0.25) is 0 Å². The molecule has 3 aromatic rings. The summed E-state index contributed by atoms with van der Waals surface area (Å²) in [6.07, 6.45) is 7.41. The number of carbonyl (C=O) groups excluding carboxylic acids is 1. The summed E-state index contributed by atoms with van der Waals surface area (Å²) < 4.78 is 1.71. The predicted molar refractivity (Wildman–Crippen MR) is 110 cm³/mol. The molecule has 1 saturated heterocycles. The van der Waals surface area contributed by atoms with Gasteiger partial charge in [0.1, 0.15) is 10.7 Å². The number of aromatic nitrogens is 4. The molecule has 3 aromatic heterocycles. The van der Waals surface area contributed by atoms with E-state index >= 15 is 0 Å². The Morgan fingerprint density at radius 2 is 2.14 bits per heavy atom. The monoisotopic (exact) mass is 396 g/mol. The van der Waals surface area contributed by atoms with Crippen molar-refractivity contribution in [2.45, 2.75) is 25.8 Å². The van der Waals surface area contributed by atoms with Gasteiger partial charge in [0.15, 0.2) is 5.82 Å². The quantitative estimate of drug-likeness (QED) is 0.663. The van der Waals surface area contributed by atoms with Crippen LogP contribution in [-0.4, -0.2) is 68.2 Å². The van der Waals surface area contributed by atoms with Crippen molar-refractivity contribution in [2.75, 3.05) is 26.7 Å². The first-order valence-electron chi connectivity index (χ1n) is 9.57. The predicted octanol–water partition coefficient (Wildman–Crippen LogP) is 2.95. The number of rotatable bonds is 5. The minimum atomic E-state index is -0.00503. The maximum Gasteiger partial charge on any atom is 0.273 e. The molecular formula is C20H24N6OS. The highest BCUT2D eigenvalue weighted by molar-refractivity contribution is 7.13.